The van der Waals surface area contributed by atoms with Gasteiger partial charge in [0.15, 0.2) is 0 Å². The molecule has 1 fully saturated rings. The van der Waals surface area contributed by atoms with E-state index in [4.69, 9.17) is 0 Å². The smallest absolute Gasteiger partial charge is 0.251 e. The first-order chi connectivity index (χ1) is 8.06. The summed E-state index contributed by atoms with van der Waals surface area (Å²) in [7, 11) is 0. The van der Waals surface area contributed by atoms with Gasteiger partial charge < -0.3 is 10.6 Å². The Morgan fingerprint density at radius 1 is 1.53 bits per heavy atom. The number of aryl methyl sites for hydroxylation is 1. The van der Waals surface area contributed by atoms with Crippen LogP contribution in [0.4, 0.5) is 0 Å². The molecule has 1 heterocycles. The van der Waals surface area contributed by atoms with E-state index in [0.29, 0.717) is 18.5 Å². The number of benzene rings is 1. The third-order valence-electron chi connectivity index (χ3n) is 2.73. The molecule has 90 valence electrons. The molecule has 0 bridgehead atoms. The molecule has 2 amide bonds. The van der Waals surface area contributed by atoms with Crippen molar-refractivity contribution in [3.05, 3.63) is 33.8 Å². The third-order valence-corrected chi connectivity index (χ3v) is 3.62. The fourth-order valence-electron chi connectivity index (χ4n) is 1.76. The zero-order chi connectivity index (χ0) is 12.4. The van der Waals surface area contributed by atoms with Gasteiger partial charge in [-0.2, -0.15) is 0 Å². The van der Waals surface area contributed by atoms with E-state index in [1.165, 1.54) is 0 Å². The van der Waals surface area contributed by atoms with Gasteiger partial charge >= 0.3 is 0 Å². The van der Waals surface area contributed by atoms with Crippen LogP contribution >= 0.6 is 15.9 Å². The van der Waals surface area contributed by atoms with Crippen LogP contribution in [0.15, 0.2) is 22.7 Å². The van der Waals surface area contributed by atoms with Gasteiger partial charge in [-0.25, -0.2) is 0 Å². The van der Waals surface area contributed by atoms with Crippen LogP contribution in [0, 0.1) is 6.92 Å². The highest BCUT2D eigenvalue weighted by molar-refractivity contribution is 9.10. The van der Waals surface area contributed by atoms with Crippen molar-refractivity contribution in [2.24, 2.45) is 0 Å². The first kappa shape index (κ1) is 12.1. The summed E-state index contributed by atoms with van der Waals surface area (Å²) in [4.78, 5) is 22.9. The normalized spacial score (nSPS) is 18.9. The second-order valence-electron chi connectivity index (χ2n) is 4.14. The van der Waals surface area contributed by atoms with Crippen molar-refractivity contribution in [3.8, 4) is 0 Å². The molecule has 2 N–H and O–H groups in total. The van der Waals surface area contributed by atoms with E-state index in [2.05, 4.69) is 26.6 Å². The highest BCUT2D eigenvalue weighted by atomic mass is 79.9. The Morgan fingerprint density at radius 3 is 2.88 bits per heavy atom. The summed E-state index contributed by atoms with van der Waals surface area (Å²) >= 11 is 3.39. The average Bonchev–Trinajstić information content (AvgIpc) is 2.68. The van der Waals surface area contributed by atoms with Crippen molar-refractivity contribution in [2.75, 3.05) is 6.54 Å². The maximum Gasteiger partial charge on any atom is 0.251 e. The molecular formula is C12H13BrN2O2. The molecule has 17 heavy (non-hydrogen) atoms. The molecule has 1 aliphatic heterocycles. The Labute approximate surface area is 108 Å². The van der Waals surface area contributed by atoms with Gasteiger partial charge in [0.2, 0.25) is 5.91 Å². The Kier molecular flexibility index (Phi) is 3.47. The predicted molar refractivity (Wildman–Crippen MR) is 67.8 cm³/mol. The van der Waals surface area contributed by atoms with Gasteiger partial charge in [-0.3, -0.25) is 9.59 Å². The van der Waals surface area contributed by atoms with E-state index in [0.717, 1.165) is 10.0 Å². The maximum atomic E-state index is 11.9. The molecule has 1 aliphatic rings. The van der Waals surface area contributed by atoms with Crippen molar-refractivity contribution >= 4 is 27.7 Å². The zero-order valence-corrected chi connectivity index (χ0v) is 11.0. The molecule has 1 aromatic rings. The quantitative estimate of drug-likeness (QED) is 0.866. The Balaban J connectivity index is 2.04. The van der Waals surface area contributed by atoms with Gasteiger partial charge in [0, 0.05) is 23.0 Å². The number of halogens is 1. The molecule has 4 nitrogen and oxygen atoms in total. The summed E-state index contributed by atoms with van der Waals surface area (Å²) in [5.41, 5.74) is 1.63. The van der Waals surface area contributed by atoms with Gasteiger partial charge in [-0.1, -0.05) is 15.9 Å². The first-order valence-corrected chi connectivity index (χ1v) is 6.19. The summed E-state index contributed by atoms with van der Waals surface area (Å²) in [6, 6.07) is 5.33. The van der Waals surface area contributed by atoms with E-state index < -0.39 is 0 Å². The number of hydrogen-bond acceptors (Lipinski definition) is 2. The van der Waals surface area contributed by atoms with E-state index in [1.807, 2.05) is 19.1 Å². The lowest BCUT2D eigenvalue weighted by molar-refractivity contribution is -0.119. The van der Waals surface area contributed by atoms with Crippen LogP contribution in [-0.4, -0.2) is 24.4 Å². The summed E-state index contributed by atoms with van der Waals surface area (Å²) in [6.45, 7) is 2.45. The molecular weight excluding hydrogens is 284 g/mol. The van der Waals surface area contributed by atoms with E-state index >= 15 is 0 Å². The fraction of sp³-hybridized carbons (Fsp3) is 0.333. The summed E-state index contributed by atoms with van der Waals surface area (Å²) in [6.07, 6.45) is 0.362. The van der Waals surface area contributed by atoms with Gasteiger partial charge in [0.1, 0.15) is 0 Å². The molecule has 5 heteroatoms. The molecule has 0 aromatic heterocycles. The van der Waals surface area contributed by atoms with Gasteiger partial charge in [0.05, 0.1) is 6.04 Å². The second kappa shape index (κ2) is 4.87. The molecule has 0 spiro atoms. The number of nitrogens with one attached hydrogen (secondary N) is 2. The number of carbonyl (C=O) groups is 2. The molecule has 1 atom stereocenters. The van der Waals surface area contributed by atoms with Gasteiger partial charge in [-0.05, 0) is 30.7 Å². The Morgan fingerprint density at radius 2 is 2.29 bits per heavy atom. The minimum absolute atomic E-state index is 0.0118. The van der Waals surface area contributed by atoms with Gasteiger partial charge in [0.25, 0.3) is 5.91 Å². The minimum atomic E-state index is -0.137. The lowest BCUT2D eigenvalue weighted by atomic mass is 10.1. The van der Waals surface area contributed by atoms with Crippen LogP contribution in [-0.2, 0) is 4.79 Å². The van der Waals surface area contributed by atoms with Crippen molar-refractivity contribution in [1.82, 2.24) is 10.6 Å². The first-order valence-electron chi connectivity index (χ1n) is 5.40. The van der Waals surface area contributed by atoms with Crippen LogP contribution < -0.4 is 10.6 Å². The molecule has 0 saturated carbocycles. The molecule has 0 aliphatic carbocycles. The van der Waals surface area contributed by atoms with Crippen LogP contribution in [0.2, 0.25) is 0 Å². The summed E-state index contributed by atoms with van der Waals surface area (Å²) in [5, 5.41) is 5.52. The van der Waals surface area contributed by atoms with E-state index in [-0.39, 0.29) is 17.9 Å². The Bertz CT molecular complexity index is 474. The maximum absolute atomic E-state index is 11.9. The Hall–Kier alpha value is -1.36. The summed E-state index contributed by atoms with van der Waals surface area (Å²) in [5.74, 6) is -0.149. The molecule has 1 unspecified atom stereocenters. The zero-order valence-electron chi connectivity index (χ0n) is 9.42. The second-order valence-corrected chi connectivity index (χ2v) is 5.00. The highest BCUT2D eigenvalue weighted by Gasteiger charge is 2.23. The topological polar surface area (TPSA) is 58.2 Å². The number of carbonyl (C=O) groups excluding carboxylic acids is 2. The standard InChI is InChI=1S/C12H13BrN2O2/c1-7-4-8(2-3-10(7)13)12(17)15-9-5-11(16)14-6-9/h2-4,9H,5-6H2,1H3,(H,14,16)(H,15,17). The third kappa shape index (κ3) is 2.85. The largest absolute Gasteiger partial charge is 0.354 e. The van der Waals surface area contributed by atoms with E-state index in [1.54, 1.807) is 6.07 Å². The predicted octanol–water partition coefficient (Wildman–Crippen LogP) is 1.38. The van der Waals surface area contributed by atoms with Crippen molar-refractivity contribution < 1.29 is 9.59 Å². The molecule has 0 radical (unpaired) electrons. The van der Waals surface area contributed by atoms with Crippen molar-refractivity contribution in [2.45, 2.75) is 19.4 Å². The van der Waals surface area contributed by atoms with Crippen molar-refractivity contribution in [1.29, 1.82) is 0 Å². The van der Waals surface area contributed by atoms with E-state index in [9.17, 15) is 9.59 Å². The molecule has 2 rings (SSSR count). The number of rotatable bonds is 2. The highest BCUT2D eigenvalue weighted by Crippen LogP contribution is 2.17. The SMILES string of the molecule is Cc1cc(C(=O)NC2CNC(=O)C2)ccc1Br. The molecule has 1 saturated heterocycles. The molecule has 1 aromatic carbocycles. The fourth-order valence-corrected chi connectivity index (χ4v) is 2.01. The van der Waals surface area contributed by atoms with Gasteiger partial charge in [-0.15, -0.1) is 0 Å². The number of amides is 2. The lowest BCUT2D eigenvalue weighted by Gasteiger charge is -2.11. The lowest BCUT2D eigenvalue weighted by Crippen LogP contribution is -2.36. The van der Waals surface area contributed by atoms with Crippen LogP contribution in [0.1, 0.15) is 22.3 Å². The monoisotopic (exact) mass is 296 g/mol. The van der Waals surface area contributed by atoms with Crippen molar-refractivity contribution in [3.63, 3.8) is 0 Å². The van der Waals surface area contributed by atoms with Crippen LogP contribution in [0.5, 0.6) is 0 Å². The van der Waals surface area contributed by atoms with Crippen LogP contribution in [0.25, 0.3) is 0 Å². The number of hydrogen-bond donors (Lipinski definition) is 2. The van der Waals surface area contributed by atoms with Crippen LogP contribution in [0.3, 0.4) is 0 Å². The average molecular weight is 297 g/mol. The summed E-state index contributed by atoms with van der Waals surface area (Å²) < 4.78 is 0.978. The minimum Gasteiger partial charge on any atom is -0.354 e.